The molecule has 0 radical (unpaired) electrons. The van der Waals surface area contributed by atoms with Crippen LogP contribution in [-0.4, -0.2) is 24.1 Å². The number of nitrogens with zero attached hydrogens (tertiary/aromatic N) is 1. The lowest BCUT2D eigenvalue weighted by molar-refractivity contribution is -0.121. The van der Waals surface area contributed by atoms with E-state index in [4.69, 9.17) is 9.47 Å². The molecule has 1 atom stereocenters. The Kier molecular flexibility index (Phi) is 5.31. The van der Waals surface area contributed by atoms with Crippen molar-refractivity contribution in [1.82, 2.24) is 10.3 Å². The minimum Gasteiger partial charge on any atom is -0.490 e. The molecule has 1 aliphatic heterocycles. The predicted molar refractivity (Wildman–Crippen MR) is 91.2 cm³/mol. The molecule has 1 aliphatic rings. The van der Waals surface area contributed by atoms with Crippen LogP contribution in [0.3, 0.4) is 0 Å². The number of ether oxygens (including phenoxy) is 2. The van der Waals surface area contributed by atoms with Crippen LogP contribution in [0.4, 0.5) is 0 Å². The maximum Gasteiger partial charge on any atom is 0.220 e. The zero-order valence-electron chi connectivity index (χ0n) is 13.8. The van der Waals surface area contributed by atoms with Gasteiger partial charge in [-0.2, -0.15) is 0 Å². The number of carbonyl (C=O) groups is 1. The first-order chi connectivity index (χ1) is 11.7. The average Bonchev–Trinajstić information content (AvgIpc) is 2.85. The van der Waals surface area contributed by atoms with Gasteiger partial charge in [-0.1, -0.05) is 12.1 Å². The van der Waals surface area contributed by atoms with E-state index < -0.39 is 0 Å². The predicted octanol–water partition coefficient (Wildman–Crippen LogP) is 3.05. The highest BCUT2D eigenvalue weighted by Gasteiger charge is 2.15. The number of aromatic nitrogens is 1. The molecule has 5 heteroatoms. The highest BCUT2D eigenvalue weighted by Crippen LogP contribution is 2.32. The van der Waals surface area contributed by atoms with Crippen LogP contribution in [0.2, 0.25) is 0 Å². The molecule has 2 heterocycles. The van der Waals surface area contributed by atoms with Crippen LogP contribution in [0.15, 0.2) is 42.7 Å². The van der Waals surface area contributed by atoms with Crippen molar-refractivity contribution < 1.29 is 14.3 Å². The molecule has 0 saturated heterocycles. The van der Waals surface area contributed by atoms with Gasteiger partial charge in [0.1, 0.15) is 0 Å². The van der Waals surface area contributed by atoms with Gasteiger partial charge in [-0.05, 0) is 42.7 Å². The fraction of sp³-hybridized carbons (Fsp3) is 0.368. The summed E-state index contributed by atoms with van der Waals surface area (Å²) in [5.41, 5.74) is 2.07. The van der Waals surface area contributed by atoms with Crippen LogP contribution in [0.5, 0.6) is 11.5 Å². The Morgan fingerprint density at radius 1 is 1.25 bits per heavy atom. The van der Waals surface area contributed by atoms with E-state index in [1.54, 1.807) is 12.4 Å². The molecule has 3 rings (SSSR count). The van der Waals surface area contributed by atoms with Crippen molar-refractivity contribution in [3.63, 3.8) is 0 Å². The van der Waals surface area contributed by atoms with E-state index in [0.717, 1.165) is 29.0 Å². The first-order valence-electron chi connectivity index (χ1n) is 8.30. The molecule has 0 bridgehead atoms. The molecule has 1 aromatic heterocycles. The number of aryl methyl sites for hydroxylation is 1. The van der Waals surface area contributed by atoms with Crippen molar-refractivity contribution in [2.24, 2.45) is 0 Å². The van der Waals surface area contributed by atoms with Gasteiger partial charge in [-0.3, -0.25) is 9.78 Å². The summed E-state index contributed by atoms with van der Waals surface area (Å²) in [6.07, 6.45) is 5.54. The molecule has 24 heavy (non-hydrogen) atoms. The second kappa shape index (κ2) is 7.81. The van der Waals surface area contributed by atoms with Crippen LogP contribution in [0, 0.1) is 0 Å². The second-order valence-electron chi connectivity index (χ2n) is 5.91. The molecule has 0 saturated carbocycles. The number of benzene rings is 1. The van der Waals surface area contributed by atoms with Crippen molar-refractivity contribution in [2.75, 3.05) is 13.2 Å². The molecular weight excluding hydrogens is 304 g/mol. The number of pyridine rings is 1. The lowest BCUT2D eigenvalue weighted by Gasteiger charge is -2.16. The Labute approximate surface area is 142 Å². The van der Waals surface area contributed by atoms with Gasteiger partial charge in [0, 0.05) is 25.2 Å². The largest absolute Gasteiger partial charge is 0.490 e. The summed E-state index contributed by atoms with van der Waals surface area (Å²) < 4.78 is 11.3. The summed E-state index contributed by atoms with van der Waals surface area (Å²) in [7, 11) is 0. The minimum atomic E-state index is -0.0800. The van der Waals surface area contributed by atoms with E-state index in [-0.39, 0.29) is 11.9 Å². The number of fused-ring (bicyclic) bond motifs is 1. The van der Waals surface area contributed by atoms with E-state index in [0.29, 0.717) is 26.1 Å². The Balaban J connectivity index is 1.57. The highest BCUT2D eigenvalue weighted by atomic mass is 16.5. The molecule has 0 unspecified atom stereocenters. The zero-order chi connectivity index (χ0) is 16.8. The van der Waals surface area contributed by atoms with E-state index in [1.165, 1.54) is 0 Å². The Bertz CT molecular complexity index is 688. The third kappa shape index (κ3) is 4.25. The number of amides is 1. The number of rotatable bonds is 5. The van der Waals surface area contributed by atoms with Gasteiger partial charge in [0.2, 0.25) is 5.91 Å². The molecule has 1 N–H and O–H groups in total. The van der Waals surface area contributed by atoms with E-state index in [9.17, 15) is 4.79 Å². The van der Waals surface area contributed by atoms with Gasteiger partial charge < -0.3 is 14.8 Å². The molecule has 5 nitrogen and oxygen atoms in total. The second-order valence-corrected chi connectivity index (χ2v) is 5.91. The SMILES string of the molecule is C[C@@H](NC(=O)CCc1cccnc1)c1ccc2c(c1)OCCCO2. The third-order valence-corrected chi connectivity index (χ3v) is 4.01. The Morgan fingerprint density at radius 2 is 2.08 bits per heavy atom. The third-order valence-electron chi connectivity index (χ3n) is 4.01. The van der Waals surface area contributed by atoms with Gasteiger partial charge in [0.25, 0.3) is 0 Å². The van der Waals surface area contributed by atoms with E-state index in [2.05, 4.69) is 10.3 Å². The van der Waals surface area contributed by atoms with Crippen LogP contribution < -0.4 is 14.8 Å². The molecule has 0 spiro atoms. The van der Waals surface area contributed by atoms with Gasteiger partial charge in [0.05, 0.1) is 19.3 Å². The standard InChI is InChI=1S/C19H22N2O3/c1-14(21-19(22)8-5-15-4-2-9-20-13-15)16-6-7-17-18(12-16)24-11-3-10-23-17/h2,4,6-7,9,12-14H,3,5,8,10-11H2,1H3,(H,21,22)/t14-/m1/s1. The maximum atomic E-state index is 12.2. The summed E-state index contributed by atoms with van der Waals surface area (Å²) in [4.78, 5) is 16.2. The number of carbonyl (C=O) groups excluding carboxylic acids is 1. The summed E-state index contributed by atoms with van der Waals surface area (Å²) >= 11 is 0. The first-order valence-corrected chi connectivity index (χ1v) is 8.30. The summed E-state index contributed by atoms with van der Waals surface area (Å²) in [6, 6.07) is 9.62. The molecule has 0 aliphatic carbocycles. The van der Waals surface area contributed by atoms with Crippen molar-refractivity contribution in [3.05, 3.63) is 53.9 Å². The lowest BCUT2D eigenvalue weighted by Crippen LogP contribution is -2.26. The van der Waals surface area contributed by atoms with Gasteiger partial charge >= 0.3 is 0 Å². The van der Waals surface area contributed by atoms with Crippen LogP contribution in [0.1, 0.15) is 36.9 Å². The zero-order valence-corrected chi connectivity index (χ0v) is 13.8. The van der Waals surface area contributed by atoms with Crippen LogP contribution >= 0.6 is 0 Å². The number of nitrogens with one attached hydrogen (secondary N) is 1. The summed E-state index contributed by atoms with van der Waals surface area (Å²) in [5, 5.41) is 3.03. The molecule has 2 aromatic rings. The quantitative estimate of drug-likeness (QED) is 0.917. The minimum absolute atomic E-state index is 0.0264. The van der Waals surface area contributed by atoms with Crippen LogP contribution in [-0.2, 0) is 11.2 Å². The smallest absolute Gasteiger partial charge is 0.220 e. The Morgan fingerprint density at radius 3 is 2.88 bits per heavy atom. The monoisotopic (exact) mass is 326 g/mol. The number of hydrogen-bond donors (Lipinski definition) is 1. The van der Waals surface area contributed by atoms with E-state index >= 15 is 0 Å². The molecule has 1 aromatic carbocycles. The Hall–Kier alpha value is -2.56. The summed E-state index contributed by atoms with van der Waals surface area (Å²) in [6.45, 7) is 3.30. The lowest BCUT2D eigenvalue weighted by atomic mass is 10.1. The fourth-order valence-corrected chi connectivity index (χ4v) is 2.65. The summed E-state index contributed by atoms with van der Waals surface area (Å²) in [5.74, 6) is 1.55. The normalized spacial score (nSPS) is 14.5. The number of hydrogen-bond acceptors (Lipinski definition) is 4. The van der Waals surface area contributed by atoms with E-state index in [1.807, 2.05) is 37.3 Å². The first kappa shape index (κ1) is 16.3. The van der Waals surface area contributed by atoms with Crippen molar-refractivity contribution >= 4 is 5.91 Å². The fourth-order valence-electron chi connectivity index (χ4n) is 2.65. The van der Waals surface area contributed by atoms with Crippen molar-refractivity contribution in [2.45, 2.75) is 32.2 Å². The van der Waals surface area contributed by atoms with Gasteiger partial charge in [-0.15, -0.1) is 0 Å². The molecule has 1 amide bonds. The van der Waals surface area contributed by atoms with Gasteiger partial charge in [0.15, 0.2) is 11.5 Å². The average molecular weight is 326 g/mol. The van der Waals surface area contributed by atoms with Crippen LogP contribution in [0.25, 0.3) is 0 Å². The molecule has 126 valence electrons. The highest BCUT2D eigenvalue weighted by molar-refractivity contribution is 5.76. The van der Waals surface area contributed by atoms with Crippen molar-refractivity contribution in [1.29, 1.82) is 0 Å². The molecular formula is C19H22N2O3. The topological polar surface area (TPSA) is 60.5 Å². The van der Waals surface area contributed by atoms with Crippen molar-refractivity contribution in [3.8, 4) is 11.5 Å². The maximum absolute atomic E-state index is 12.2. The van der Waals surface area contributed by atoms with Gasteiger partial charge in [-0.25, -0.2) is 0 Å². The molecule has 0 fully saturated rings.